The monoisotopic (exact) mass is 396 g/mol. The average Bonchev–Trinajstić information content (AvgIpc) is 2.53. The van der Waals surface area contributed by atoms with E-state index in [4.69, 9.17) is 0 Å². The van der Waals surface area contributed by atoms with Crippen LogP contribution in [0.25, 0.3) is 0 Å². The summed E-state index contributed by atoms with van der Waals surface area (Å²) in [5.41, 5.74) is 2.85. The van der Waals surface area contributed by atoms with E-state index in [2.05, 4.69) is 21.4 Å². The number of sulfonamides is 1. The zero-order valence-corrected chi connectivity index (χ0v) is 14.4. The molecule has 0 aliphatic heterocycles. The maximum absolute atomic E-state index is 12.1. The van der Waals surface area contributed by atoms with E-state index >= 15 is 0 Å². The number of amides is 1. The summed E-state index contributed by atoms with van der Waals surface area (Å²) in [5, 5.41) is 0. The molecule has 2 aromatic carbocycles. The van der Waals surface area contributed by atoms with E-state index in [1.54, 1.807) is 24.3 Å². The summed E-state index contributed by atoms with van der Waals surface area (Å²) in [6.45, 7) is 1.39. The van der Waals surface area contributed by atoms with Crippen molar-refractivity contribution < 1.29 is 18.0 Å². The molecule has 2 N–H and O–H groups in total. The summed E-state index contributed by atoms with van der Waals surface area (Å²) < 4.78 is 25.0. The number of hydrogen-bond donors (Lipinski definition) is 2. The SMILES string of the molecule is CC(=O)c1ccc(S(=O)(=O)NNC(=O)c2ccc(Br)cc2)cc1. The Bertz CT molecular complexity index is 831. The maximum Gasteiger partial charge on any atom is 0.266 e. The number of rotatable bonds is 5. The summed E-state index contributed by atoms with van der Waals surface area (Å²) >= 11 is 3.24. The number of hydrogen-bond acceptors (Lipinski definition) is 4. The van der Waals surface area contributed by atoms with Crippen LogP contribution in [0.2, 0.25) is 0 Å². The Labute approximate surface area is 142 Å². The molecule has 0 aliphatic carbocycles. The quantitative estimate of drug-likeness (QED) is 0.598. The Morgan fingerprint density at radius 2 is 1.43 bits per heavy atom. The fourth-order valence-electron chi connectivity index (χ4n) is 1.71. The second-order valence-electron chi connectivity index (χ2n) is 4.65. The highest BCUT2D eigenvalue weighted by atomic mass is 79.9. The van der Waals surface area contributed by atoms with Crippen LogP contribution in [-0.2, 0) is 10.0 Å². The van der Waals surface area contributed by atoms with Gasteiger partial charge in [-0.15, -0.1) is 4.83 Å². The zero-order chi connectivity index (χ0) is 17.0. The van der Waals surface area contributed by atoms with Gasteiger partial charge in [0.1, 0.15) is 0 Å². The molecule has 2 aromatic rings. The van der Waals surface area contributed by atoms with Crippen LogP contribution in [0.3, 0.4) is 0 Å². The van der Waals surface area contributed by atoms with Crippen LogP contribution in [0.5, 0.6) is 0 Å². The molecule has 1 amide bonds. The highest BCUT2D eigenvalue weighted by Crippen LogP contribution is 2.12. The topological polar surface area (TPSA) is 92.3 Å². The van der Waals surface area contributed by atoms with Crippen LogP contribution in [0.1, 0.15) is 27.6 Å². The number of Topliss-reactive ketones (excluding diaryl/α,β-unsaturated/α-hetero) is 1. The lowest BCUT2D eigenvalue weighted by atomic mass is 10.2. The molecule has 0 atom stereocenters. The van der Waals surface area contributed by atoms with Crippen molar-refractivity contribution in [3.63, 3.8) is 0 Å². The first-order valence-electron chi connectivity index (χ1n) is 6.48. The molecule has 2 rings (SSSR count). The van der Waals surface area contributed by atoms with Gasteiger partial charge in [0, 0.05) is 15.6 Å². The maximum atomic E-state index is 12.1. The van der Waals surface area contributed by atoms with Gasteiger partial charge in [-0.25, -0.2) is 8.42 Å². The van der Waals surface area contributed by atoms with E-state index in [-0.39, 0.29) is 10.7 Å². The van der Waals surface area contributed by atoms with Gasteiger partial charge in [0.2, 0.25) is 0 Å². The Morgan fingerprint density at radius 1 is 0.913 bits per heavy atom. The van der Waals surface area contributed by atoms with Crippen LogP contribution in [0.4, 0.5) is 0 Å². The second kappa shape index (κ2) is 7.03. The van der Waals surface area contributed by atoms with E-state index in [0.29, 0.717) is 11.1 Å². The predicted molar refractivity (Wildman–Crippen MR) is 88.4 cm³/mol. The van der Waals surface area contributed by atoms with Gasteiger partial charge < -0.3 is 0 Å². The molecule has 120 valence electrons. The highest BCUT2D eigenvalue weighted by molar-refractivity contribution is 9.10. The number of hydrazine groups is 1. The number of nitrogens with one attached hydrogen (secondary N) is 2. The first kappa shape index (κ1) is 17.3. The fraction of sp³-hybridized carbons (Fsp3) is 0.0667. The number of carbonyl (C=O) groups excluding carboxylic acids is 2. The van der Waals surface area contributed by atoms with Crippen molar-refractivity contribution in [2.24, 2.45) is 0 Å². The van der Waals surface area contributed by atoms with Gasteiger partial charge >= 0.3 is 0 Å². The van der Waals surface area contributed by atoms with Crippen molar-refractivity contribution in [3.8, 4) is 0 Å². The van der Waals surface area contributed by atoms with E-state index < -0.39 is 15.9 Å². The molecule has 0 aromatic heterocycles. The number of benzene rings is 2. The van der Waals surface area contributed by atoms with Gasteiger partial charge in [0.25, 0.3) is 15.9 Å². The molecule has 0 heterocycles. The largest absolute Gasteiger partial charge is 0.295 e. The molecule has 8 heteroatoms. The number of ketones is 1. The Balaban J connectivity index is 2.07. The van der Waals surface area contributed by atoms with Crippen LogP contribution in [0.15, 0.2) is 57.9 Å². The molecule has 23 heavy (non-hydrogen) atoms. The standard InChI is InChI=1S/C15H13BrN2O4S/c1-10(19)11-4-8-14(9-5-11)23(21,22)18-17-15(20)12-2-6-13(16)7-3-12/h2-9,18H,1H3,(H,17,20). The van der Waals surface area contributed by atoms with Gasteiger partial charge in [0.05, 0.1) is 4.90 Å². The molecule has 0 aliphatic rings. The Morgan fingerprint density at radius 3 is 1.96 bits per heavy atom. The van der Waals surface area contributed by atoms with Crippen molar-refractivity contribution in [3.05, 3.63) is 64.1 Å². The normalized spacial score (nSPS) is 11.0. The second-order valence-corrected chi connectivity index (χ2v) is 7.25. The average molecular weight is 397 g/mol. The summed E-state index contributed by atoms with van der Waals surface area (Å²) in [5.74, 6) is -0.744. The Kier molecular flexibility index (Phi) is 5.30. The Hall–Kier alpha value is -2.03. The van der Waals surface area contributed by atoms with Crippen molar-refractivity contribution in [2.75, 3.05) is 0 Å². The summed E-state index contributed by atoms with van der Waals surface area (Å²) in [7, 11) is -3.92. The van der Waals surface area contributed by atoms with E-state index in [1.165, 1.54) is 31.2 Å². The van der Waals surface area contributed by atoms with Gasteiger partial charge in [-0.05, 0) is 43.3 Å². The number of halogens is 1. The molecule has 0 saturated carbocycles. The summed E-state index contributed by atoms with van der Waals surface area (Å²) in [4.78, 5) is 25.0. The lowest BCUT2D eigenvalue weighted by molar-refractivity contribution is 0.0944. The third kappa shape index (κ3) is 4.47. The fourth-order valence-corrected chi connectivity index (χ4v) is 2.82. The van der Waals surface area contributed by atoms with Crippen LogP contribution < -0.4 is 10.3 Å². The van der Waals surface area contributed by atoms with E-state index in [9.17, 15) is 18.0 Å². The lowest BCUT2D eigenvalue weighted by Gasteiger charge is -2.09. The van der Waals surface area contributed by atoms with Crippen LogP contribution >= 0.6 is 15.9 Å². The number of carbonyl (C=O) groups is 2. The lowest BCUT2D eigenvalue weighted by Crippen LogP contribution is -2.41. The molecule has 0 unspecified atom stereocenters. The minimum absolute atomic E-state index is 0.0568. The third-order valence-corrected chi connectivity index (χ3v) is 4.77. The molecule has 0 radical (unpaired) electrons. The molecule has 0 saturated heterocycles. The molecule has 0 spiro atoms. The molecule has 0 fully saturated rings. The van der Waals surface area contributed by atoms with Crippen molar-refractivity contribution in [2.45, 2.75) is 11.8 Å². The molecular weight excluding hydrogens is 384 g/mol. The first-order chi connectivity index (χ1) is 10.8. The van der Waals surface area contributed by atoms with E-state index in [0.717, 1.165) is 4.47 Å². The molecule has 0 bridgehead atoms. The molecular formula is C15H13BrN2O4S. The van der Waals surface area contributed by atoms with Gasteiger partial charge in [0.15, 0.2) is 5.78 Å². The van der Waals surface area contributed by atoms with Gasteiger partial charge in [-0.3, -0.25) is 15.0 Å². The van der Waals surface area contributed by atoms with Gasteiger partial charge in [-0.1, -0.05) is 28.1 Å². The third-order valence-electron chi connectivity index (χ3n) is 2.98. The van der Waals surface area contributed by atoms with Gasteiger partial charge in [-0.2, -0.15) is 0 Å². The minimum atomic E-state index is -3.92. The van der Waals surface area contributed by atoms with Crippen molar-refractivity contribution in [1.29, 1.82) is 0 Å². The highest BCUT2D eigenvalue weighted by Gasteiger charge is 2.16. The van der Waals surface area contributed by atoms with Crippen LogP contribution in [-0.4, -0.2) is 20.1 Å². The zero-order valence-electron chi connectivity index (χ0n) is 12.0. The van der Waals surface area contributed by atoms with E-state index in [1.807, 2.05) is 4.83 Å². The minimum Gasteiger partial charge on any atom is -0.295 e. The predicted octanol–water partition coefficient (Wildman–Crippen LogP) is 2.28. The summed E-state index contributed by atoms with van der Waals surface area (Å²) in [6, 6.07) is 11.9. The van der Waals surface area contributed by atoms with Crippen molar-refractivity contribution >= 4 is 37.6 Å². The smallest absolute Gasteiger partial charge is 0.266 e. The first-order valence-corrected chi connectivity index (χ1v) is 8.76. The molecule has 6 nitrogen and oxygen atoms in total. The summed E-state index contributed by atoms with van der Waals surface area (Å²) in [6.07, 6.45) is 0. The van der Waals surface area contributed by atoms with Crippen molar-refractivity contribution in [1.82, 2.24) is 10.3 Å². The van der Waals surface area contributed by atoms with Crippen LogP contribution in [0, 0.1) is 0 Å².